The number of pyridine rings is 1. The third-order valence-corrected chi connectivity index (χ3v) is 1.98. The Balaban J connectivity index is 1.93. The summed E-state index contributed by atoms with van der Waals surface area (Å²) in [5.74, 6) is 0.613. The first kappa shape index (κ1) is 9.51. The molecule has 0 aliphatic heterocycles. The lowest BCUT2D eigenvalue weighted by molar-refractivity contribution is 0.398. The molecule has 0 aliphatic carbocycles. The van der Waals surface area contributed by atoms with Gasteiger partial charge in [0.2, 0.25) is 5.88 Å². The highest BCUT2D eigenvalue weighted by atomic mass is 16.5. The van der Waals surface area contributed by atoms with Crippen LogP contribution >= 0.6 is 0 Å². The number of methoxy groups -OCH3 is 1. The summed E-state index contributed by atoms with van der Waals surface area (Å²) in [5, 5.41) is 3.21. The van der Waals surface area contributed by atoms with Crippen LogP contribution < -0.4 is 10.1 Å². The second-order valence-corrected chi connectivity index (χ2v) is 3.02. The smallest absolute Gasteiger partial charge is 0.213 e. The molecule has 0 atom stereocenters. The predicted octanol–water partition coefficient (Wildman–Crippen LogP) is 1.43. The van der Waals surface area contributed by atoms with Crippen molar-refractivity contribution in [2.24, 2.45) is 0 Å². The van der Waals surface area contributed by atoms with Gasteiger partial charge >= 0.3 is 0 Å². The van der Waals surface area contributed by atoms with Crippen LogP contribution in [0.15, 0.2) is 30.9 Å². The molecule has 0 aliphatic rings. The maximum Gasteiger partial charge on any atom is 0.213 e. The molecule has 0 aromatic carbocycles. The number of anilines is 1. The fraction of sp³-hybridized carbons (Fsp3) is 0.200. The molecule has 15 heavy (non-hydrogen) atoms. The third kappa shape index (κ3) is 2.46. The molecule has 2 aromatic rings. The van der Waals surface area contributed by atoms with E-state index in [0.29, 0.717) is 12.4 Å². The average molecular weight is 204 g/mol. The Morgan fingerprint density at radius 1 is 1.40 bits per heavy atom. The second kappa shape index (κ2) is 4.45. The van der Waals surface area contributed by atoms with E-state index in [2.05, 4.69) is 20.3 Å². The summed E-state index contributed by atoms with van der Waals surface area (Å²) in [6, 6.07) is 3.73. The maximum atomic E-state index is 4.96. The van der Waals surface area contributed by atoms with E-state index in [-0.39, 0.29) is 0 Å². The highest BCUT2D eigenvalue weighted by Gasteiger charge is 1.96. The number of H-pyrrole nitrogens is 1. The summed E-state index contributed by atoms with van der Waals surface area (Å²) in [4.78, 5) is 11.0. The molecule has 0 bridgehead atoms. The summed E-state index contributed by atoms with van der Waals surface area (Å²) in [6.07, 6.45) is 5.17. The van der Waals surface area contributed by atoms with E-state index in [9.17, 15) is 0 Å². The highest BCUT2D eigenvalue weighted by Crippen LogP contribution is 2.11. The van der Waals surface area contributed by atoms with Crippen LogP contribution in [0, 0.1) is 0 Å². The Bertz CT molecular complexity index is 396. The van der Waals surface area contributed by atoms with Gasteiger partial charge in [-0.1, -0.05) is 0 Å². The number of nitrogens with zero attached hydrogens (tertiary/aromatic N) is 2. The molecule has 0 amide bonds. The van der Waals surface area contributed by atoms with Gasteiger partial charge in [-0.25, -0.2) is 9.97 Å². The Labute approximate surface area is 87.5 Å². The molecule has 5 nitrogen and oxygen atoms in total. The summed E-state index contributed by atoms with van der Waals surface area (Å²) in [7, 11) is 1.60. The van der Waals surface area contributed by atoms with E-state index in [1.165, 1.54) is 0 Å². The topological polar surface area (TPSA) is 62.8 Å². The molecule has 2 rings (SSSR count). The molecule has 2 N–H and O–H groups in total. The lowest BCUT2D eigenvalue weighted by Crippen LogP contribution is -2.00. The van der Waals surface area contributed by atoms with Gasteiger partial charge in [0.15, 0.2) is 0 Å². The van der Waals surface area contributed by atoms with E-state index in [0.717, 1.165) is 11.4 Å². The van der Waals surface area contributed by atoms with Crippen LogP contribution in [0.2, 0.25) is 0 Å². The van der Waals surface area contributed by atoms with Crippen LogP contribution in [0.1, 0.15) is 5.69 Å². The minimum Gasteiger partial charge on any atom is -0.481 e. The van der Waals surface area contributed by atoms with Crippen LogP contribution in [-0.2, 0) is 6.54 Å². The van der Waals surface area contributed by atoms with Gasteiger partial charge in [0.05, 0.1) is 37.6 Å². The number of ether oxygens (including phenoxy) is 1. The summed E-state index contributed by atoms with van der Waals surface area (Å²) >= 11 is 0. The molecule has 0 spiro atoms. The zero-order valence-corrected chi connectivity index (χ0v) is 8.40. The number of aromatic amines is 1. The first-order valence-electron chi connectivity index (χ1n) is 4.59. The minimum absolute atomic E-state index is 0.613. The average Bonchev–Trinajstić information content (AvgIpc) is 2.80. The molecule has 2 aromatic heterocycles. The summed E-state index contributed by atoms with van der Waals surface area (Å²) in [6.45, 7) is 0.702. The van der Waals surface area contributed by atoms with Crippen molar-refractivity contribution in [2.75, 3.05) is 12.4 Å². The number of hydrogen-bond donors (Lipinski definition) is 2. The number of rotatable bonds is 4. The molecule has 0 fully saturated rings. The fourth-order valence-corrected chi connectivity index (χ4v) is 1.18. The molecule has 5 heteroatoms. The predicted molar refractivity (Wildman–Crippen MR) is 56.7 cm³/mol. The van der Waals surface area contributed by atoms with Crippen LogP contribution in [-0.4, -0.2) is 22.1 Å². The van der Waals surface area contributed by atoms with Gasteiger partial charge in [-0.15, -0.1) is 0 Å². The Hall–Kier alpha value is -2.04. The number of nitrogens with one attached hydrogen (secondary N) is 2. The van der Waals surface area contributed by atoms with Gasteiger partial charge in [-0.05, 0) is 6.07 Å². The van der Waals surface area contributed by atoms with Crippen molar-refractivity contribution < 1.29 is 4.74 Å². The quantitative estimate of drug-likeness (QED) is 0.790. The van der Waals surface area contributed by atoms with E-state index >= 15 is 0 Å². The monoisotopic (exact) mass is 204 g/mol. The number of imidazole rings is 1. The third-order valence-electron chi connectivity index (χ3n) is 1.98. The Morgan fingerprint density at radius 3 is 2.93 bits per heavy atom. The van der Waals surface area contributed by atoms with Gasteiger partial charge < -0.3 is 15.0 Å². The Morgan fingerprint density at radius 2 is 2.33 bits per heavy atom. The second-order valence-electron chi connectivity index (χ2n) is 3.02. The maximum absolute atomic E-state index is 4.96. The van der Waals surface area contributed by atoms with Crippen molar-refractivity contribution in [3.05, 3.63) is 36.5 Å². The lowest BCUT2D eigenvalue weighted by atomic mass is 10.4. The summed E-state index contributed by atoms with van der Waals surface area (Å²) < 4.78 is 4.96. The number of aromatic nitrogens is 3. The lowest BCUT2D eigenvalue weighted by Gasteiger charge is -2.04. The van der Waals surface area contributed by atoms with Crippen LogP contribution in [0.25, 0.3) is 0 Å². The van der Waals surface area contributed by atoms with E-state index in [1.54, 1.807) is 25.8 Å². The van der Waals surface area contributed by atoms with Crippen LogP contribution in [0.4, 0.5) is 5.69 Å². The van der Waals surface area contributed by atoms with Crippen molar-refractivity contribution in [2.45, 2.75) is 6.54 Å². The van der Waals surface area contributed by atoms with Gasteiger partial charge in [0, 0.05) is 12.3 Å². The normalized spacial score (nSPS) is 9.93. The first-order chi connectivity index (χ1) is 7.38. The zero-order valence-electron chi connectivity index (χ0n) is 8.40. The van der Waals surface area contributed by atoms with Crippen molar-refractivity contribution in [3.8, 4) is 5.88 Å². The zero-order chi connectivity index (χ0) is 10.5. The van der Waals surface area contributed by atoms with Crippen molar-refractivity contribution >= 4 is 5.69 Å². The molecule has 0 saturated heterocycles. The largest absolute Gasteiger partial charge is 0.481 e. The first-order valence-corrected chi connectivity index (χ1v) is 4.59. The molecular weight excluding hydrogens is 192 g/mol. The highest BCUT2D eigenvalue weighted by molar-refractivity contribution is 5.42. The molecule has 2 heterocycles. The van der Waals surface area contributed by atoms with E-state index < -0.39 is 0 Å². The molecule has 0 saturated carbocycles. The standard InChI is InChI=1S/C10H12N4O/c1-15-10-3-2-8(5-13-10)12-6-9-4-11-7-14-9/h2-5,7,12H,6H2,1H3,(H,11,14). The van der Waals surface area contributed by atoms with Crippen molar-refractivity contribution in [1.82, 2.24) is 15.0 Å². The van der Waals surface area contributed by atoms with E-state index in [4.69, 9.17) is 4.74 Å². The number of hydrogen-bond acceptors (Lipinski definition) is 4. The summed E-state index contributed by atoms with van der Waals surface area (Å²) in [5.41, 5.74) is 1.98. The Kier molecular flexibility index (Phi) is 2.82. The molecule has 0 unspecified atom stereocenters. The van der Waals surface area contributed by atoms with Crippen molar-refractivity contribution in [1.29, 1.82) is 0 Å². The van der Waals surface area contributed by atoms with Crippen LogP contribution in [0.3, 0.4) is 0 Å². The van der Waals surface area contributed by atoms with E-state index in [1.807, 2.05) is 12.1 Å². The van der Waals surface area contributed by atoms with Crippen LogP contribution in [0.5, 0.6) is 5.88 Å². The molecule has 78 valence electrons. The molecular formula is C10H12N4O. The van der Waals surface area contributed by atoms with Gasteiger partial charge in [0.1, 0.15) is 0 Å². The van der Waals surface area contributed by atoms with Gasteiger partial charge in [0.25, 0.3) is 0 Å². The SMILES string of the molecule is COc1ccc(NCc2cnc[nH]2)cn1. The molecule has 0 radical (unpaired) electrons. The fourth-order valence-electron chi connectivity index (χ4n) is 1.18. The van der Waals surface area contributed by atoms with Crippen molar-refractivity contribution in [3.63, 3.8) is 0 Å². The minimum atomic E-state index is 0.613. The van der Waals surface area contributed by atoms with Gasteiger partial charge in [-0.2, -0.15) is 0 Å². The van der Waals surface area contributed by atoms with Gasteiger partial charge in [-0.3, -0.25) is 0 Å².